The van der Waals surface area contributed by atoms with E-state index in [1.807, 2.05) is 25.1 Å². The zero-order chi connectivity index (χ0) is 13.4. The monoisotopic (exact) mass is 250 g/mol. The summed E-state index contributed by atoms with van der Waals surface area (Å²) in [5.74, 6) is 0.983. The van der Waals surface area contributed by atoms with E-state index in [0.717, 1.165) is 25.4 Å². The Balaban J connectivity index is 2.31. The third-order valence-corrected chi connectivity index (χ3v) is 2.55. The highest BCUT2D eigenvalue weighted by molar-refractivity contribution is 5.33. The van der Waals surface area contributed by atoms with E-state index in [-0.39, 0.29) is 5.54 Å². The van der Waals surface area contributed by atoms with Gasteiger partial charge in [0.2, 0.25) is 0 Å². The molecule has 0 saturated heterocycles. The second kappa shape index (κ2) is 7.39. The van der Waals surface area contributed by atoms with Gasteiger partial charge >= 0.3 is 0 Å². The number of hydrogen-bond acceptors (Lipinski definition) is 3. The lowest BCUT2D eigenvalue weighted by molar-refractivity contribution is 0.335. The van der Waals surface area contributed by atoms with E-state index >= 15 is 0 Å². The van der Waals surface area contributed by atoms with Gasteiger partial charge in [-0.05, 0) is 33.8 Å². The summed E-state index contributed by atoms with van der Waals surface area (Å²) in [5.41, 5.74) is 1.40. The van der Waals surface area contributed by atoms with E-state index in [4.69, 9.17) is 4.74 Å². The molecule has 0 aliphatic rings. The molecule has 3 heteroatoms. The molecule has 0 heterocycles. The highest BCUT2D eigenvalue weighted by Crippen LogP contribution is 2.17. The van der Waals surface area contributed by atoms with E-state index in [0.29, 0.717) is 6.61 Å². The van der Waals surface area contributed by atoms with Gasteiger partial charge in [-0.3, -0.25) is 0 Å². The Morgan fingerprint density at radius 2 is 1.83 bits per heavy atom. The Kier molecular flexibility index (Phi) is 6.16. The standard InChI is InChI=1S/C15H26N2O/c1-5-18-14-9-7-6-8-13(14)12-16-10-11-17-15(2,3)4/h6-9,16-17H,5,10-12H2,1-4H3. The number of nitrogens with one attached hydrogen (secondary N) is 2. The van der Waals surface area contributed by atoms with Crippen LogP contribution < -0.4 is 15.4 Å². The minimum Gasteiger partial charge on any atom is -0.494 e. The lowest BCUT2D eigenvalue weighted by Crippen LogP contribution is -2.40. The average molecular weight is 250 g/mol. The summed E-state index contributed by atoms with van der Waals surface area (Å²) in [6, 6.07) is 8.19. The maximum atomic E-state index is 5.59. The molecule has 3 nitrogen and oxygen atoms in total. The quantitative estimate of drug-likeness (QED) is 0.730. The Bertz CT molecular complexity index is 345. The first-order valence-electron chi connectivity index (χ1n) is 6.69. The summed E-state index contributed by atoms with van der Waals surface area (Å²) < 4.78 is 5.59. The van der Waals surface area contributed by atoms with Crippen molar-refractivity contribution in [1.82, 2.24) is 10.6 Å². The van der Waals surface area contributed by atoms with Crippen molar-refractivity contribution < 1.29 is 4.74 Å². The third kappa shape index (κ3) is 6.03. The second-order valence-electron chi connectivity index (χ2n) is 5.39. The molecule has 0 amide bonds. The Morgan fingerprint density at radius 3 is 2.50 bits per heavy atom. The summed E-state index contributed by atoms with van der Waals surface area (Å²) >= 11 is 0. The zero-order valence-corrected chi connectivity index (χ0v) is 12.0. The average Bonchev–Trinajstić information content (AvgIpc) is 2.29. The second-order valence-corrected chi connectivity index (χ2v) is 5.39. The van der Waals surface area contributed by atoms with Gasteiger partial charge in [-0.15, -0.1) is 0 Å². The molecule has 1 aromatic carbocycles. The van der Waals surface area contributed by atoms with E-state index in [1.54, 1.807) is 0 Å². The molecular formula is C15H26N2O. The summed E-state index contributed by atoms with van der Waals surface area (Å²) in [7, 11) is 0. The number of ether oxygens (including phenoxy) is 1. The van der Waals surface area contributed by atoms with Gasteiger partial charge in [0.1, 0.15) is 5.75 Å². The molecule has 0 aliphatic heterocycles. The maximum Gasteiger partial charge on any atom is 0.123 e. The number of benzene rings is 1. The maximum absolute atomic E-state index is 5.59. The van der Waals surface area contributed by atoms with Crippen LogP contribution in [0, 0.1) is 0 Å². The van der Waals surface area contributed by atoms with Crippen LogP contribution in [-0.2, 0) is 6.54 Å². The van der Waals surface area contributed by atoms with Gasteiger partial charge in [-0.25, -0.2) is 0 Å². The molecule has 2 N–H and O–H groups in total. The van der Waals surface area contributed by atoms with Crippen LogP contribution in [0.2, 0.25) is 0 Å². The summed E-state index contributed by atoms with van der Waals surface area (Å²) in [4.78, 5) is 0. The van der Waals surface area contributed by atoms with Crippen LogP contribution >= 0.6 is 0 Å². The van der Waals surface area contributed by atoms with Gasteiger partial charge in [0, 0.05) is 30.7 Å². The molecule has 0 bridgehead atoms. The number of para-hydroxylation sites is 1. The molecule has 0 aromatic heterocycles. The number of hydrogen-bond donors (Lipinski definition) is 2. The molecule has 18 heavy (non-hydrogen) atoms. The van der Waals surface area contributed by atoms with Crippen molar-refractivity contribution >= 4 is 0 Å². The first kappa shape index (κ1) is 15.0. The smallest absolute Gasteiger partial charge is 0.123 e. The minimum absolute atomic E-state index is 0.185. The normalized spacial score (nSPS) is 11.6. The Hall–Kier alpha value is -1.06. The molecule has 0 spiro atoms. The molecular weight excluding hydrogens is 224 g/mol. The van der Waals surface area contributed by atoms with Crippen molar-refractivity contribution in [2.24, 2.45) is 0 Å². The summed E-state index contributed by atoms with van der Waals surface area (Å²) in [6.07, 6.45) is 0. The molecule has 0 radical (unpaired) electrons. The lowest BCUT2D eigenvalue weighted by Gasteiger charge is -2.20. The van der Waals surface area contributed by atoms with Crippen molar-refractivity contribution in [2.75, 3.05) is 19.7 Å². The Morgan fingerprint density at radius 1 is 1.11 bits per heavy atom. The van der Waals surface area contributed by atoms with Gasteiger partial charge < -0.3 is 15.4 Å². The van der Waals surface area contributed by atoms with Crippen molar-refractivity contribution in [1.29, 1.82) is 0 Å². The highest BCUT2D eigenvalue weighted by atomic mass is 16.5. The van der Waals surface area contributed by atoms with E-state index in [2.05, 4.69) is 37.5 Å². The molecule has 1 rings (SSSR count). The first-order chi connectivity index (χ1) is 8.53. The van der Waals surface area contributed by atoms with Crippen molar-refractivity contribution in [3.63, 3.8) is 0 Å². The van der Waals surface area contributed by atoms with Crippen LogP contribution in [0.25, 0.3) is 0 Å². The van der Waals surface area contributed by atoms with Crippen molar-refractivity contribution in [3.05, 3.63) is 29.8 Å². The van der Waals surface area contributed by atoms with E-state index in [1.165, 1.54) is 5.56 Å². The first-order valence-corrected chi connectivity index (χ1v) is 6.69. The minimum atomic E-state index is 0.185. The van der Waals surface area contributed by atoms with Gasteiger partial charge in [0.25, 0.3) is 0 Å². The summed E-state index contributed by atoms with van der Waals surface area (Å²) in [6.45, 7) is 12.0. The SMILES string of the molecule is CCOc1ccccc1CNCCNC(C)(C)C. The molecule has 0 atom stereocenters. The molecule has 0 saturated carbocycles. The fourth-order valence-electron chi connectivity index (χ4n) is 1.70. The predicted octanol–water partition coefficient (Wildman–Crippen LogP) is 2.56. The van der Waals surface area contributed by atoms with Crippen LogP contribution in [0.3, 0.4) is 0 Å². The molecule has 0 fully saturated rings. The van der Waals surface area contributed by atoms with Crippen molar-refractivity contribution in [3.8, 4) is 5.75 Å². The van der Waals surface area contributed by atoms with Gasteiger partial charge in [-0.2, -0.15) is 0 Å². The number of rotatable bonds is 7. The highest BCUT2D eigenvalue weighted by Gasteiger charge is 2.07. The van der Waals surface area contributed by atoms with E-state index < -0.39 is 0 Å². The molecule has 1 aromatic rings. The summed E-state index contributed by atoms with van der Waals surface area (Å²) in [5, 5.41) is 6.88. The van der Waals surface area contributed by atoms with Crippen LogP contribution in [0.1, 0.15) is 33.3 Å². The fraction of sp³-hybridized carbons (Fsp3) is 0.600. The van der Waals surface area contributed by atoms with Crippen LogP contribution in [0.15, 0.2) is 24.3 Å². The molecule has 0 aliphatic carbocycles. The van der Waals surface area contributed by atoms with Crippen LogP contribution in [0.5, 0.6) is 5.75 Å². The van der Waals surface area contributed by atoms with Crippen LogP contribution in [0.4, 0.5) is 0 Å². The molecule has 0 unspecified atom stereocenters. The van der Waals surface area contributed by atoms with Gasteiger partial charge in [0.15, 0.2) is 0 Å². The third-order valence-electron chi connectivity index (χ3n) is 2.55. The van der Waals surface area contributed by atoms with Gasteiger partial charge in [-0.1, -0.05) is 18.2 Å². The van der Waals surface area contributed by atoms with Gasteiger partial charge in [0.05, 0.1) is 6.61 Å². The topological polar surface area (TPSA) is 33.3 Å². The van der Waals surface area contributed by atoms with E-state index in [9.17, 15) is 0 Å². The fourth-order valence-corrected chi connectivity index (χ4v) is 1.70. The largest absolute Gasteiger partial charge is 0.494 e. The molecule has 102 valence electrons. The lowest BCUT2D eigenvalue weighted by atomic mass is 10.1. The van der Waals surface area contributed by atoms with Crippen molar-refractivity contribution in [2.45, 2.75) is 39.8 Å². The predicted molar refractivity (Wildman–Crippen MR) is 77.1 cm³/mol. The van der Waals surface area contributed by atoms with Crippen LogP contribution in [-0.4, -0.2) is 25.2 Å². The Labute approximate surface area is 111 Å². The zero-order valence-electron chi connectivity index (χ0n) is 12.0.